The van der Waals surface area contributed by atoms with Gasteiger partial charge in [0.1, 0.15) is 5.82 Å². The van der Waals surface area contributed by atoms with Crippen LogP contribution in [0.2, 0.25) is 0 Å². The minimum absolute atomic E-state index is 0.0534. The molecule has 2 amide bonds. The molecule has 0 unspecified atom stereocenters. The molecule has 2 heterocycles. The number of amides is 2. The Balaban J connectivity index is 1.58. The van der Waals surface area contributed by atoms with Crippen molar-refractivity contribution in [2.75, 3.05) is 31.1 Å². The van der Waals surface area contributed by atoms with E-state index < -0.39 is 11.7 Å². The fraction of sp³-hybridized carbons (Fsp3) is 0.647. The number of carbonyl (C=O) groups is 1. The summed E-state index contributed by atoms with van der Waals surface area (Å²) < 4.78 is 39.4. The van der Waals surface area contributed by atoms with Crippen molar-refractivity contribution in [1.29, 1.82) is 0 Å². The number of hydrogen-bond donors (Lipinski definition) is 1. The van der Waals surface area contributed by atoms with Crippen LogP contribution in [0.4, 0.5) is 23.8 Å². The summed E-state index contributed by atoms with van der Waals surface area (Å²) >= 11 is 0. The Morgan fingerprint density at radius 3 is 2.44 bits per heavy atom. The van der Waals surface area contributed by atoms with Gasteiger partial charge in [0.15, 0.2) is 0 Å². The topological polar surface area (TPSA) is 48.5 Å². The summed E-state index contributed by atoms with van der Waals surface area (Å²) in [4.78, 5) is 19.5. The molecule has 2 aliphatic rings. The molecule has 8 heteroatoms. The van der Waals surface area contributed by atoms with Gasteiger partial charge in [-0.25, -0.2) is 9.78 Å². The van der Waals surface area contributed by atoms with Gasteiger partial charge in [-0.05, 0) is 25.0 Å². The van der Waals surface area contributed by atoms with Gasteiger partial charge >= 0.3 is 12.2 Å². The first-order valence-corrected chi connectivity index (χ1v) is 8.78. The van der Waals surface area contributed by atoms with Crippen LogP contribution in [0.15, 0.2) is 18.3 Å². The molecule has 3 rings (SSSR count). The number of anilines is 1. The Kier molecular flexibility index (Phi) is 5.34. The maximum Gasteiger partial charge on any atom is 0.419 e. The summed E-state index contributed by atoms with van der Waals surface area (Å²) in [5.41, 5.74) is -0.727. The van der Waals surface area contributed by atoms with Gasteiger partial charge in [0, 0.05) is 38.4 Å². The van der Waals surface area contributed by atoms with E-state index in [1.54, 1.807) is 9.80 Å². The number of piperazine rings is 1. The number of rotatable bonds is 2. The molecule has 0 aromatic carbocycles. The van der Waals surface area contributed by atoms with E-state index in [1.165, 1.54) is 18.7 Å². The van der Waals surface area contributed by atoms with Gasteiger partial charge in [-0.15, -0.1) is 0 Å². The van der Waals surface area contributed by atoms with Crippen molar-refractivity contribution in [1.82, 2.24) is 15.2 Å². The molecule has 25 heavy (non-hydrogen) atoms. The predicted molar refractivity (Wildman–Crippen MR) is 88.4 cm³/mol. The number of urea groups is 1. The first-order valence-electron chi connectivity index (χ1n) is 8.78. The molecule has 1 saturated heterocycles. The summed E-state index contributed by atoms with van der Waals surface area (Å²) in [5, 5.41) is 3.05. The average Bonchev–Trinajstić information content (AvgIpc) is 2.62. The van der Waals surface area contributed by atoms with Gasteiger partial charge in [0.05, 0.1) is 5.56 Å². The second-order valence-electron chi connectivity index (χ2n) is 6.63. The lowest BCUT2D eigenvalue weighted by atomic mass is 9.96. The van der Waals surface area contributed by atoms with E-state index in [0.717, 1.165) is 31.7 Å². The lowest BCUT2D eigenvalue weighted by Crippen LogP contribution is -2.54. The van der Waals surface area contributed by atoms with Gasteiger partial charge in [0.25, 0.3) is 0 Å². The number of pyridine rings is 1. The van der Waals surface area contributed by atoms with Crippen molar-refractivity contribution in [2.45, 2.75) is 44.3 Å². The highest BCUT2D eigenvalue weighted by Gasteiger charge is 2.36. The average molecular weight is 356 g/mol. The second kappa shape index (κ2) is 7.49. The lowest BCUT2D eigenvalue weighted by molar-refractivity contribution is -0.137. The smallest absolute Gasteiger partial charge is 0.353 e. The summed E-state index contributed by atoms with van der Waals surface area (Å²) in [7, 11) is 0. The van der Waals surface area contributed by atoms with Crippen LogP contribution in [0.1, 0.15) is 37.7 Å². The SMILES string of the molecule is O=C(NC1CCCCC1)N1CCN(c2ncccc2C(F)(F)F)CC1. The highest BCUT2D eigenvalue weighted by atomic mass is 19.4. The quantitative estimate of drug-likeness (QED) is 0.885. The third kappa shape index (κ3) is 4.35. The van der Waals surface area contributed by atoms with Crippen molar-refractivity contribution in [3.63, 3.8) is 0 Å². The number of halogens is 3. The molecule has 1 aliphatic carbocycles. The number of nitrogens with zero attached hydrogens (tertiary/aromatic N) is 3. The number of alkyl halides is 3. The summed E-state index contributed by atoms with van der Waals surface area (Å²) in [5.74, 6) is -0.0534. The van der Waals surface area contributed by atoms with Gasteiger partial charge in [-0.1, -0.05) is 19.3 Å². The van der Waals surface area contributed by atoms with Crippen molar-refractivity contribution >= 4 is 11.8 Å². The van der Waals surface area contributed by atoms with Crippen LogP contribution in [0.3, 0.4) is 0 Å². The first kappa shape index (κ1) is 17.8. The highest BCUT2D eigenvalue weighted by Crippen LogP contribution is 2.35. The Hall–Kier alpha value is -1.99. The largest absolute Gasteiger partial charge is 0.419 e. The van der Waals surface area contributed by atoms with E-state index in [4.69, 9.17) is 0 Å². The normalized spacial score (nSPS) is 19.8. The van der Waals surface area contributed by atoms with E-state index in [9.17, 15) is 18.0 Å². The van der Waals surface area contributed by atoms with Crippen LogP contribution in [-0.4, -0.2) is 48.1 Å². The molecule has 1 aromatic heterocycles. The number of nitrogens with one attached hydrogen (secondary N) is 1. The van der Waals surface area contributed by atoms with Gasteiger partial charge in [0.2, 0.25) is 0 Å². The zero-order valence-electron chi connectivity index (χ0n) is 14.1. The Labute approximate surface area is 145 Å². The van der Waals surface area contributed by atoms with E-state index >= 15 is 0 Å². The van der Waals surface area contributed by atoms with E-state index in [2.05, 4.69) is 10.3 Å². The molecule has 0 bridgehead atoms. The minimum atomic E-state index is -4.43. The minimum Gasteiger partial charge on any atom is -0.353 e. The van der Waals surface area contributed by atoms with Crippen LogP contribution in [0.5, 0.6) is 0 Å². The third-order valence-electron chi connectivity index (χ3n) is 4.89. The molecule has 1 aliphatic heterocycles. The highest BCUT2D eigenvalue weighted by molar-refractivity contribution is 5.75. The molecule has 138 valence electrons. The number of hydrogen-bond acceptors (Lipinski definition) is 3. The Morgan fingerprint density at radius 2 is 1.80 bits per heavy atom. The van der Waals surface area contributed by atoms with E-state index in [1.807, 2.05) is 0 Å². The third-order valence-corrected chi connectivity index (χ3v) is 4.89. The first-order chi connectivity index (χ1) is 11.9. The standard InChI is InChI=1S/C17H23F3N4O/c18-17(19,20)14-7-4-8-21-15(14)23-9-11-24(12-10-23)16(25)22-13-5-2-1-3-6-13/h4,7-8,13H,1-3,5-6,9-12H2,(H,22,25). The van der Waals surface area contributed by atoms with Crippen LogP contribution >= 0.6 is 0 Å². The van der Waals surface area contributed by atoms with Crippen molar-refractivity contribution < 1.29 is 18.0 Å². The van der Waals surface area contributed by atoms with Crippen molar-refractivity contribution in [3.05, 3.63) is 23.9 Å². The number of carbonyl (C=O) groups excluding carboxylic acids is 1. The Morgan fingerprint density at radius 1 is 1.12 bits per heavy atom. The molecule has 1 saturated carbocycles. The number of aromatic nitrogens is 1. The van der Waals surface area contributed by atoms with Gasteiger partial charge in [-0.2, -0.15) is 13.2 Å². The zero-order chi connectivity index (χ0) is 17.9. The maximum atomic E-state index is 13.1. The molecule has 0 radical (unpaired) electrons. The molecule has 1 N–H and O–H groups in total. The maximum absolute atomic E-state index is 13.1. The van der Waals surface area contributed by atoms with Crippen LogP contribution in [-0.2, 0) is 6.18 Å². The van der Waals surface area contributed by atoms with Crippen molar-refractivity contribution in [3.8, 4) is 0 Å². The molecular formula is C17H23F3N4O. The molecule has 5 nitrogen and oxygen atoms in total. The molecular weight excluding hydrogens is 333 g/mol. The molecule has 2 fully saturated rings. The fourth-order valence-corrected chi connectivity index (χ4v) is 3.50. The van der Waals surface area contributed by atoms with E-state index in [-0.39, 0.29) is 17.9 Å². The fourth-order valence-electron chi connectivity index (χ4n) is 3.50. The van der Waals surface area contributed by atoms with Gasteiger partial charge in [-0.3, -0.25) is 0 Å². The van der Waals surface area contributed by atoms with Crippen molar-refractivity contribution in [2.24, 2.45) is 0 Å². The van der Waals surface area contributed by atoms with Crippen LogP contribution < -0.4 is 10.2 Å². The second-order valence-corrected chi connectivity index (χ2v) is 6.63. The monoisotopic (exact) mass is 356 g/mol. The summed E-state index contributed by atoms with van der Waals surface area (Å²) in [6.45, 7) is 1.48. The Bertz CT molecular complexity index is 594. The molecule has 1 aromatic rings. The van der Waals surface area contributed by atoms with Gasteiger partial charge < -0.3 is 15.1 Å². The molecule has 0 atom stereocenters. The zero-order valence-corrected chi connectivity index (χ0v) is 14.1. The molecule has 0 spiro atoms. The summed E-state index contributed by atoms with van der Waals surface area (Å²) in [6.07, 6.45) is 2.45. The van der Waals surface area contributed by atoms with Crippen LogP contribution in [0.25, 0.3) is 0 Å². The predicted octanol–water partition coefficient (Wildman–Crippen LogP) is 3.26. The van der Waals surface area contributed by atoms with E-state index in [0.29, 0.717) is 26.2 Å². The summed E-state index contributed by atoms with van der Waals surface area (Å²) in [6, 6.07) is 2.46. The van der Waals surface area contributed by atoms with Crippen LogP contribution in [0, 0.1) is 0 Å². The lowest BCUT2D eigenvalue weighted by Gasteiger charge is -2.37.